The topological polar surface area (TPSA) is 49.3 Å². The molecule has 1 aromatic carbocycles. The number of hydrogen-bond donors (Lipinski definition) is 2. The Morgan fingerprint density at radius 2 is 2.25 bits per heavy atom. The van der Waals surface area contributed by atoms with Gasteiger partial charge >= 0.3 is 5.97 Å². The van der Waals surface area contributed by atoms with Crippen molar-refractivity contribution in [1.82, 2.24) is 5.32 Å². The third-order valence-electron chi connectivity index (χ3n) is 2.68. The summed E-state index contributed by atoms with van der Waals surface area (Å²) < 4.78 is 13.1. The van der Waals surface area contributed by atoms with Crippen LogP contribution in [0.1, 0.15) is 34.8 Å². The summed E-state index contributed by atoms with van der Waals surface area (Å²) in [5, 5.41) is 12.0. The molecule has 0 aromatic heterocycles. The Morgan fingerprint density at radius 1 is 1.50 bits per heavy atom. The molecule has 1 saturated heterocycles. The monoisotopic (exact) mass is 245 g/mol. The Labute approximate surface area is 99.1 Å². The predicted octanol–water partition coefficient (Wildman–Crippen LogP) is 2.37. The second kappa shape index (κ2) is 5.27. The highest BCUT2D eigenvalue weighted by atomic mass is 35.5. The Morgan fingerprint density at radius 3 is 2.81 bits per heavy atom. The molecular formula is C11H13ClFNO2. The van der Waals surface area contributed by atoms with E-state index in [1.165, 1.54) is 12.1 Å². The quantitative estimate of drug-likeness (QED) is 0.841. The predicted molar refractivity (Wildman–Crippen MR) is 60.6 cm³/mol. The van der Waals surface area contributed by atoms with Crippen LogP contribution in [0, 0.1) is 5.82 Å². The first-order valence-electron chi connectivity index (χ1n) is 4.94. The molecule has 0 aliphatic carbocycles. The van der Waals surface area contributed by atoms with Gasteiger partial charge in [0, 0.05) is 6.04 Å². The Balaban J connectivity index is 0.00000128. The number of nitrogens with one attached hydrogen (secondary N) is 1. The van der Waals surface area contributed by atoms with Gasteiger partial charge in [0.25, 0.3) is 0 Å². The smallest absolute Gasteiger partial charge is 0.338 e. The van der Waals surface area contributed by atoms with Gasteiger partial charge in [-0.25, -0.2) is 9.18 Å². The summed E-state index contributed by atoms with van der Waals surface area (Å²) in [5.74, 6) is -1.89. The van der Waals surface area contributed by atoms with E-state index in [9.17, 15) is 9.18 Å². The molecule has 0 radical (unpaired) electrons. The first kappa shape index (κ1) is 12.9. The van der Waals surface area contributed by atoms with Crippen molar-refractivity contribution in [3.63, 3.8) is 0 Å². The van der Waals surface area contributed by atoms with Crippen LogP contribution in [0.25, 0.3) is 0 Å². The normalized spacial score (nSPS) is 19.2. The van der Waals surface area contributed by atoms with E-state index < -0.39 is 11.8 Å². The molecule has 0 spiro atoms. The summed E-state index contributed by atoms with van der Waals surface area (Å²) in [6.07, 6.45) is 2.05. The zero-order chi connectivity index (χ0) is 10.8. The Hall–Kier alpha value is -1.13. The van der Waals surface area contributed by atoms with Crippen LogP contribution in [0.5, 0.6) is 0 Å². The van der Waals surface area contributed by atoms with Crippen LogP contribution < -0.4 is 5.32 Å². The number of benzene rings is 1. The number of carbonyl (C=O) groups is 1. The number of rotatable bonds is 2. The van der Waals surface area contributed by atoms with Gasteiger partial charge in [-0.15, -0.1) is 12.4 Å². The lowest BCUT2D eigenvalue weighted by Gasteiger charge is -2.11. The van der Waals surface area contributed by atoms with Crippen molar-refractivity contribution in [2.24, 2.45) is 0 Å². The molecule has 1 aliphatic rings. The molecule has 1 heterocycles. The maximum absolute atomic E-state index is 13.1. The van der Waals surface area contributed by atoms with Gasteiger partial charge in [0.1, 0.15) is 5.82 Å². The van der Waals surface area contributed by atoms with Gasteiger partial charge in [0.15, 0.2) is 0 Å². The fourth-order valence-electron chi connectivity index (χ4n) is 1.89. The molecule has 1 aliphatic heterocycles. The third kappa shape index (κ3) is 2.51. The van der Waals surface area contributed by atoms with Crippen LogP contribution in [-0.4, -0.2) is 17.6 Å². The molecule has 0 amide bonds. The number of carboxylic acid groups (broad SMARTS) is 1. The molecule has 1 fully saturated rings. The molecule has 2 rings (SSSR count). The second-order valence-electron chi connectivity index (χ2n) is 3.69. The van der Waals surface area contributed by atoms with E-state index in [0.29, 0.717) is 0 Å². The molecular weight excluding hydrogens is 233 g/mol. The van der Waals surface area contributed by atoms with Crippen molar-refractivity contribution in [3.05, 3.63) is 35.1 Å². The van der Waals surface area contributed by atoms with E-state index in [2.05, 4.69) is 5.32 Å². The fraction of sp³-hybridized carbons (Fsp3) is 0.364. The first-order chi connectivity index (χ1) is 7.18. The minimum atomic E-state index is -1.22. The van der Waals surface area contributed by atoms with Crippen molar-refractivity contribution in [2.75, 3.05) is 6.54 Å². The van der Waals surface area contributed by atoms with Crippen molar-refractivity contribution < 1.29 is 14.3 Å². The molecule has 5 heteroatoms. The lowest BCUT2D eigenvalue weighted by Crippen LogP contribution is -2.14. The lowest BCUT2D eigenvalue weighted by atomic mass is 10.0. The van der Waals surface area contributed by atoms with Crippen molar-refractivity contribution in [2.45, 2.75) is 18.9 Å². The van der Waals surface area contributed by atoms with E-state index in [1.54, 1.807) is 6.07 Å². The van der Waals surface area contributed by atoms with Gasteiger partial charge in [0.2, 0.25) is 0 Å². The minimum Gasteiger partial charge on any atom is -0.478 e. The summed E-state index contributed by atoms with van der Waals surface area (Å²) in [5.41, 5.74) is 0.604. The van der Waals surface area contributed by atoms with Gasteiger partial charge in [-0.05, 0) is 37.1 Å². The number of hydrogen-bond acceptors (Lipinski definition) is 2. The van der Waals surface area contributed by atoms with Gasteiger partial charge in [-0.1, -0.05) is 6.07 Å². The molecule has 88 valence electrons. The van der Waals surface area contributed by atoms with Crippen molar-refractivity contribution in [3.8, 4) is 0 Å². The van der Waals surface area contributed by atoms with E-state index in [1.807, 2.05) is 0 Å². The van der Waals surface area contributed by atoms with Gasteiger partial charge in [-0.2, -0.15) is 0 Å². The average molecular weight is 246 g/mol. The highest BCUT2D eigenvalue weighted by Gasteiger charge is 2.19. The summed E-state index contributed by atoms with van der Waals surface area (Å²) in [4.78, 5) is 10.7. The highest BCUT2D eigenvalue weighted by molar-refractivity contribution is 5.88. The van der Waals surface area contributed by atoms with E-state index in [4.69, 9.17) is 5.11 Å². The van der Waals surface area contributed by atoms with Crippen LogP contribution >= 0.6 is 12.4 Å². The van der Waals surface area contributed by atoms with Crippen molar-refractivity contribution >= 4 is 18.4 Å². The summed E-state index contributed by atoms with van der Waals surface area (Å²) in [6.45, 7) is 0.935. The van der Waals surface area contributed by atoms with Gasteiger partial charge in [0.05, 0.1) is 5.56 Å². The summed E-state index contributed by atoms with van der Waals surface area (Å²) >= 11 is 0. The number of carboxylic acids is 1. The summed E-state index contributed by atoms with van der Waals surface area (Å²) in [7, 11) is 0. The first-order valence-corrected chi connectivity index (χ1v) is 4.94. The zero-order valence-corrected chi connectivity index (χ0v) is 9.39. The molecule has 16 heavy (non-hydrogen) atoms. The van der Waals surface area contributed by atoms with Crippen LogP contribution in [0.4, 0.5) is 4.39 Å². The maximum atomic E-state index is 13.1. The van der Waals surface area contributed by atoms with E-state index in [-0.39, 0.29) is 24.0 Å². The highest BCUT2D eigenvalue weighted by Crippen LogP contribution is 2.24. The Bertz CT molecular complexity index is 392. The average Bonchev–Trinajstić information content (AvgIpc) is 2.71. The molecule has 0 bridgehead atoms. The van der Waals surface area contributed by atoms with E-state index >= 15 is 0 Å². The van der Waals surface area contributed by atoms with E-state index in [0.717, 1.165) is 24.9 Å². The molecule has 1 atom stereocenters. The van der Waals surface area contributed by atoms with Crippen LogP contribution in [0.2, 0.25) is 0 Å². The summed E-state index contributed by atoms with van der Waals surface area (Å²) in [6, 6.07) is 4.45. The second-order valence-corrected chi connectivity index (χ2v) is 3.69. The van der Waals surface area contributed by atoms with Gasteiger partial charge in [-0.3, -0.25) is 0 Å². The standard InChI is InChI=1S/C11H12FNO2.ClH/c12-9-4-3-7(6-8(9)11(14)15)10-2-1-5-13-10;/h3-4,6,10,13H,1-2,5H2,(H,14,15);1H/t10-;/m0./s1. The fourth-order valence-corrected chi connectivity index (χ4v) is 1.89. The van der Waals surface area contributed by atoms with Crippen LogP contribution in [0.3, 0.4) is 0 Å². The molecule has 3 nitrogen and oxygen atoms in total. The number of halogens is 2. The molecule has 0 unspecified atom stereocenters. The van der Waals surface area contributed by atoms with Crippen LogP contribution in [0.15, 0.2) is 18.2 Å². The molecule has 2 N–H and O–H groups in total. The third-order valence-corrected chi connectivity index (χ3v) is 2.68. The minimum absolute atomic E-state index is 0. The zero-order valence-electron chi connectivity index (χ0n) is 8.57. The van der Waals surface area contributed by atoms with Crippen molar-refractivity contribution in [1.29, 1.82) is 0 Å². The number of aromatic carboxylic acids is 1. The van der Waals surface area contributed by atoms with Gasteiger partial charge < -0.3 is 10.4 Å². The molecule has 0 saturated carbocycles. The van der Waals surface area contributed by atoms with Crippen LogP contribution in [-0.2, 0) is 0 Å². The Kier molecular flexibility index (Phi) is 4.26. The lowest BCUT2D eigenvalue weighted by molar-refractivity contribution is 0.0691. The molecule has 1 aromatic rings. The maximum Gasteiger partial charge on any atom is 0.338 e. The largest absolute Gasteiger partial charge is 0.478 e. The SMILES string of the molecule is Cl.O=C(O)c1cc([C@@H]2CCCN2)ccc1F.